The molecule has 22 heavy (non-hydrogen) atoms. The lowest BCUT2D eigenvalue weighted by atomic mass is 10.1. The highest BCUT2D eigenvalue weighted by Gasteiger charge is 2.18. The van der Waals surface area contributed by atoms with Crippen LogP contribution in [-0.4, -0.2) is 28.2 Å². The molecule has 0 spiro atoms. The Kier molecular flexibility index (Phi) is 4.88. The first kappa shape index (κ1) is 16.1. The van der Waals surface area contributed by atoms with Crippen LogP contribution in [0.4, 0.5) is 0 Å². The lowest BCUT2D eigenvalue weighted by molar-refractivity contribution is 0.0526. The largest absolute Gasteiger partial charge is 0.478 e. The van der Waals surface area contributed by atoms with Gasteiger partial charge in [-0.3, -0.25) is 0 Å². The summed E-state index contributed by atoms with van der Waals surface area (Å²) in [4.78, 5) is 23.3. The summed E-state index contributed by atoms with van der Waals surface area (Å²) in [5, 5.41) is 9.76. The molecule has 1 heterocycles. The number of carboxylic acids is 1. The van der Waals surface area contributed by atoms with Gasteiger partial charge in [0.15, 0.2) is 0 Å². The zero-order valence-electron chi connectivity index (χ0n) is 12.3. The molecule has 0 aliphatic carbocycles. The minimum atomic E-state index is -1.06. The van der Waals surface area contributed by atoms with E-state index in [4.69, 9.17) is 16.3 Å². The molecular formula is C16H16ClNO4. The van der Waals surface area contributed by atoms with E-state index in [1.807, 2.05) is 6.92 Å². The van der Waals surface area contributed by atoms with Gasteiger partial charge in [0, 0.05) is 16.9 Å². The van der Waals surface area contributed by atoms with Gasteiger partial charge in [0.25, 0.3) is 0 Å². The molecule has 1 aromatic heterocycles. The molecule has 1 N–H and O–H groups in total. The van der Waals surface area contributed by atoms with E-state index in [0.29, 0.717) is 22.7 Å². The maximum Gasteiger partial charge on any atom is 0.339 e. The number of rotatable bonds is 5. The van der Waals surface area contributed by atoms with Crippen LogP contribution in [0.2, 0.25) is 5.02 Å². The van der Waals surface area contributed by atoms with Gasteiger partial charge >= 0.3 is 11.9 Å². The van der Waals surface area contributed by atoms with Crippen LogP contribution in [0.15, 0.2) is 30.5 Å². The lowest BCUT2D eigenvalue weighted by Crippen LogP contribution is -2.07. The van der Waals surface area contributed by atoms with Gasteiger partial charge in [-0.25, -0.2) is 9.59 Å². The molecule has 6 heteroatoms. The summed E-state index contributed by atoms with van der Waals surface area (Å²) < 4.78 is 6.65. The van der Waals surface area contributed by atoms with Crippen LogP contribution in [-0.2, 0) is 11.2 Å². The number of carbonyl (C=O) groups excluding carboxylic acids is 1. The Labute approximate surface area is 133 Å². The van der Waals surface area contributed by atoms with Crippen LogP contribution in [0.3, 0.4) is 0 Å². The summed E-state index contributed by atoms with van der Waals surface area (Å²) >= 11 is 5.99. The highest BCUT2D eigenvalue weighted by Crippen LogP contribution is 2.24. The van der Waals surface area contributed by atoms with Crippen LogP contribution in [0, 0.1) is 0 Å². The monoisotopic (exact) mass is 321 g/mol. The fourth-order valence-corrected chi connectivity index (χ4v) is 2.38. The molecule has 116 valence electrons. The van der Waals surface area contributed by atoms with Gasteiger partial charge in [-0.1, -0.05) is 18.5 Å². The second-order valence-corrected chi connectivity index (χ2v) is 5.07. The van der Waals surface area contributed by atoms with Crippen molar-refractivity contribution in [3.8, 4) is 5.69 Å². The third kappa shape index (κ3) is 3.14. The molecule has 1 aromatic carbocycles. The first-order valence-electron chi connectivity index (χ1n) is 6.89. The minimum Gasteiger partial charge on any atom is -0.478 e. The molecule has 2 aromatic rings. The summed E-state index contributed by atoms with van der Waals surface area (Å²) in [5.41, 5.74) is 1.72. The number of nitrogens with zero attached hydrogens (tertiary/aromatic N) is 1. The molecule has 0 bridgehead atoms. The Morgan fingerprint density at radius 1 is 1.27 bits per heavy atom. The maximum atomic E-state index is 11.9. The smallest absolute Gasteiger partial charge is 0.339 e. The number of benzene rings is 1. The predicted octanol–water partition coefficient (Wildman–Crippen LogP) is 3.57. The van der Waals surface area contributed by atoms with Crippen LogP contribution in [0.5, 0.6) is 0 Å². The molecule has 0 aliphatic rings. The third-order valence-electron chi connectivity index (χ3n) is 3.22. The van der Waals surface area contributed by atoms with Crippen LogP contribution in [0.25, 0.3) is 5.69 Å². The second kappa shape index (κ2) is 6.66. The summed E-state index contributed by atoms with van der Waals surface area (Å²) in [6.07, 6.45) is 2.21. The van der Waals surface area contributed by atoms with Gasteiger partial charge in [-0.05, 0) is 37.6 Å². The zero-order chi connectivity index (χ0) is 16.3. The topological polar surface area (TPSA) is 68.5 Å². The van der Waals surface area contributed by atoms with Crippen molar-refractivity contribution in [1.29, 1.82) is 0 Å². The van der Waals surface area contributed by atoms with Gasteiger partial charge in [0.05, 0.1) is 23.4 Å². The molecule has 5 nitrogen and oxygen atoms in total. The van der Waals surface area contributed by atoms with E-state index in [0.717, 1.165) is 5.69 Å². The van der Waals surface area contributed by atoms with Crippen molar-refractivity contribution >= 4 is 23.5 Å². The normalized spacial score (nSPS) is 10.5. The average molecular weight is 322 g/mol. The molecule has 2 rings (SSSR count). The summed E-state index contributed by atoms with van der Waals surface area (Å²) in [7, 11) is 0. The second-order valence-electron chi connectivity index (χ2n) is 4.63. The van der Waals surface area contributed by atoms with E-state index < -0.39 is 11.9 Å². The van der Waals surface area contributed by atoms with Gasteiger partial charge in [-0.2, -0.15) is 0 Å². The van der Waals surface area contributed by atoms with Crippen molar-refractivity contribution in [3.63, 3.8) is 0 Å². The van der Waals surface area contributed by atoms with E-state index >= 15 is 0 Å². The number of halogens is 1. The minimum absolute atomic E-state index is 0.116. The number of esters is 1. The quantitative estimate of drug-likeness (QED) is 0.855. The van der Waals surface area contributed by atoms with Gasteiger partial charge < -0.3 is 14.4 Å². The fourth-order valence-electron chi connectivity index (χ4n) is 2.22. The van der Waals surface area contributed by atoms with Crippen LogP contribution >= 0.6 is 11.6 Å². The van der Waals surface area contributed by atoms with Crippen molar-refractivity contribution in [2.24, 2.45) is 0 Å². The molecular weight excluding hydrogens is 306 g/mol. The molecule has 0 saturated heterocycles. The Morgan fingerprint density at radius 3 is 2.59 bits per heavy atom. The Morgan fingerprint density at radius 2 is 2.00 bits per heavy atom. The number of aryl methyl sites for hydroxylation is 1. The van der Waals surface area contributed by atoms with E-state index in [1.165, 1.54) is 12.1 Å². The molecule has 0 unspecified atom stereocenters. The van der Waals surface area contributed by atoms with Crippen molar-refractivity contribution < 1.29 is 19.4 Å². The number of carbonyl (C=O) groups is 2. The van der Waals surface area contributed by atoms with Crippen molar-refractivity contribution in [2.45, 2.75) is 20.3 Å². The number of ether oxygens (including phenoxy) is 1. The van der Waals surface area contributed by atoms with E-state index in [2.05, 4.69) is 0 Å². The predicted molar refractivity (Wildman–Crippen MR) is 83.1 cm³/mol. The average Bonchev–Trinajstić information content (AvgIpc) is 2.91. The standard InChI is InChI=1S/C16H16ClNO4/c1-3-12-7-10(16(21)22-4-2)9-18(12)14-8-11(17)5-6-13(14)15(19)20/h5-9H,3-4H2,1-2H3,(H,19,20). The zero-order valence-corrected chi connectivity index (χ0v) is 13.1. The van der Waals surface area contributed by atoms with Gasteiger partial charge in [0.2, 0.25) is 0 Å². The number of carboxylic acid groups (broad SMARTS) is 1. The first-order valence-corrected chi connectivity index (χ1v) is 7.27. The Balaban J connectivity index is 2.59. The van der Waals surface area contributed by atoms with E-state index in [-0.39, 0.29) is 12.2 Å². The molecule has 0 aliphatic heterocycles. The molecule has 0 fully saturated rings. The summed E-state index contributed by atoms with van der Waals surface area (Å²) in [6.45, 7) is 3.93. The lowest BCUT2D eigenvalue weighted by Gasteiger charge is -2.11. The molecule has 0 radical (unpaired) electrons. The van der Waals surface area contributed by atoms with Gasteiger partial charge in [-0.15, -0.1) is 0 Å². The highest BCUT2D eigenvalue weighted by molar-refractivity contribution is 6.30. The van der Waals surface area contributed by atoms with Crippen molar-refractivity contribution in [1.82, 2.24) is 4.57 Å². The van der Waals surface area contributed by atoms with Crippen LogP contribution < -0.4 is 0 Å². The molecule has 0 atom stereocenters. The Hall–Kier alpha value is -2.27. The number of aromatic nitrogens is 1. The SMILES string of the molecule is CCOC(=O)c1cc(CC)n(-c2cc(Cl)ccc2C(=O)O)c1. The van der Waals surface area contributed by atoms with E-state index in [1.54, 1.807) is 29.8 Å². The van der Waals surface area contributed by atoms with E-state index in [9.17, 15) is 14.7 Å². The summed E-state index contributed by atoms with van der Waals surface area (Å²) in [5.74, 6) is -1.49. The van der Waals surface area contributed by atoms with Crippen LogP contribution in [0.1, 0.15) is 40.3 Å². The van der Waals surface area contributed by atoms with Crippen molar-refractivity contribution in [2.75, 3.05) is 6.61 Å². The van der Waals surface area contributed by atoms with Crippen molar-refractivity contribution in [3.05, 3.63) is 52.3 Å². The number of aromatic carboxylic acids is 1. The molecule has 0 amide bonds. The maximum absolute atomic E-state index is 11.9. The number of hydrogen-bond acceptors (Lipinski definition) is 3. The summed E-state index contributed by atoms with van der Waals surface area (Å²) in [6, 6.07) is 6.24. The third-order valence-corrected chi connectivity index (χ3v) is 3.46. The number of hydrogen-bond donors (Lipinski definition) is 1. The highest BCUT2D eigenvalue weighted by atomic mass is 35.5. The first-order chi connectivity index (χ1) is 10.5. The fraction of sp³-hybridized carbons (Fsp3) is 0.250. The van der Waals surface area contributed by atoms with Gasteiger partial charge in [0.1, 0.15) is 0 Å². The Bertz CT molecular complexity index is 721. The molecule has 0 saturated carbocycles.